The Labute approximate surface area is 182 Å². The van der Waals surface area contributed by atoms with Crippen molar-refractivity contribution in [3.8, 4) is 5.75 Å². The van der Waals surface area contributed by atoms with Crippen LogP contribution in [0.5, 0.6) is 5.75 Å². The third kappa shape index (κ3) is 5.21. The highest BCUT2D eigenvalue weighted by molar-refractivity contribution is 8.18. The number of benzene rings is 2. The Balaban J connectivity index is 1.62. The molecule has 1 saturated heterocycles. The highest BCUT2D eigenvalue weighted by atomic mass is 35.5. The van der Waals surface area contributed by atoms with Crippen LogP contribution in [0.4, 0.5) is 4.79 Å². The molecule has 30 heavy (non-hydrogen) atoms. The molecule has 1 aliphatic heterocycles. The summed E-state index contributed by atoms with van der Waals surface area (Å²) < 4.78 is 0. The summed E-state index contributed by atoms with van der Waals surface area (Å²) in [5.41, 5.74) is 1.25. The highest BCUT2D eigenvalue weighted by Gasteiger charge is 2.37. The predicted molar refractivity (Wildman–Crippen MR) is 115 cm³/mol. The third-order valence-electron chi connectivity index (χ3n) is 4.49. The molecule has 3 rings (SSSR count). The number of aliphatic hydroxyl groups is 1. The number of hydrogen-bond donors (Lipinski definition) is 2. The molecular weight excluding hydrogens is 428 g/mol. The molecule has 0 bridgehead atoms. The van der Waals surface area contributed by atoms with E-state index in [9.17, 15) is 24.6 Å². The summed E-state index contributed by atoms with van der Waals surface area (Å²) in [6.07, 6.45) is 0.601. The number of imide groups is 1. The fourth-order valence-electron chi connectivity index (χ4n) is 2.77. The van der Waals surface area contributed by atoms with Crippen LogP contribution >= 0.6 is 23.4 Å². The topological polar surface area (TPSA) is 98.2 Å². The molecule has 2 aromatic carbocycles. The smallest absolute Gasteiger partial charge is 0.294 e. The molecular formula is C21H19ClN2O5S. The van der Waals surface area contributed by atoms with Gasteiger partial charge < -0.3 is 15.1 Å². The monoisotopic (exact) mass is 446 g/mol. The number of likely N-dealkylation sites (N-methyl/N-ethyl adjacent to an activating group) is 1. The van der Waals surface area contributed by atoms with Gasteiger partial charge in [-0.3, -0.25) is 19.3 Å². The van der Waals surface area contributed by atoms with Gasteiger partial charge in [-0.25, -0.2) is 0 Å². The Morgan fingerprint density at radius 3 is 2.43 bits per heavy atom. The van der Waals surface area contributed by atoms with Crippen molar-refractivity contribution in [3.63, 3.8) is 0 Å². The first-order valence-electron chi connectivity index (χ1n) is 8.96. The molecule has 0 spiro atoms. The SMILES string of the molecule is CN(C[C@H](O)c1ccc(O)cc1)C(=O)CN1C(=O)S/C(=C\c2ccc(Cl)cc2)C1=O. The molecule has 0 saturated carbocycles. The average molecular weight is 447 g/mol. The van der Waals surface area contributed by atoms with E-state index in [2.05, 4.69) is 0 Å². The lowest BCUT2D eigenvalue weighted by Crippen LogP contribution is -2.41. The second-order valence-corrected chi connectivity index (χ2v) is 8.13. The zero-order valence-corrected chi connectivity index (χ0v) is 17.6. The average Bonchev–Trinajstić information content (AvgIpc) is 2.97. The Morgan fingerprint density at radius 1 is 1.17 bits per heavy atom. The number of carbonyl (C=O) groups excluding carboxylic acids is 3. The molecule has 0 aromatic heterocycles. The predicted octanol–water partition coefficient (Wildman–Crippen LogP) is 3.27. The van der Waals surface area contributed by atoms with E-state index in [0.29, 0.717) is 16.1 Å². The number of halogens is 1. The molecule has 156 valence electrons. The molecule has 0 unspecified atom stereocenters. The second kappa shape index (κ2) is 9.34. The summed E-state index contributed by atoms with van der Waals surface area (Å²) in [5, 5.41) is 19.6. The molecule has 9 heteroatoms. The summed E-state index contributed by atoms with van der Waals surface area (Å²) in [5.74, 6) is -0.954. The van der Waals surface area contributed by atoms with Gasteiger partial charge in [-0.15, -0.1) is 0 Å². The maximum Gasteiger partial charge on any atom is 0.294 e. The Morgan fingerprint density at radius 2 is 1.80 bits per heavy atom. The van der Waals surface area contributed by atoms with Crippen molar-refractivity contribution in [3.05, 3.63) is 69.6 Å². The van der Waals surface area contributed by atoms with Gasteiger partial charge in [0.15, 0.2) is 0 Å². The maximum absolute atomic E-state index is 12.6. The number of aliphatic hydroxyl groups excluding tert-OH is 1. The fraction of sp³-hybridized carbons (Fsp3) is 0.190. The first kappa shape index (κ1) is 21.9. The fourth-order valence-corrected chi connectivity index (χ4v) is 3.73. The molecule has 1 fully saturated rings. The van der Waals surface area contributed by atoms with Crippen molar-refractivity contribution >= 4 is 46.5 Å². The number of thioether (sulfide) groups is 1. The molecule has 1 heterocycles. The lowest BCUT2D eigenvalue weighted by Gasteiger charge is -2.23. The van der Waals surface area contributed by atoms with E-state index in [0.717, 1.165) is 16.7 Å². The van der Waals surface area contributed by atoms with Gasteiger partial charge in [-0.1, -0.05) is 35.9 Å². The van der Waals surface area contributed by atoms with Crippen LogP contribution in [0.2, 0.25) is 5.02 Å². The molecule has 0 radical (unpaired) electrons. The highest BCUT2D eigenvalue weighted by Crippen LogP contribution is 2.32. The van der Waals surface area contributed by atoms with Crippen LogP contribution in [0.15, 0.2) is 53.4 Å². The molecule has 7 nitrogen and oxygen atoms in total. The van der Waals surface area contributed by atoms with Crippen LogP contribution in [0.25, 0.3) is 6.08 Å². The van der Waals surface area contributed by atoms with Crippen LogP contribution in [-0.2, 0) is 9.59 Å². The van der Waals surface area contributed by atoms with Gasteiger partial charge in [0.2, 0.25) is 5.91 Å². The Kier molecular flexibility index (Phi) is 6.81. The third-order valence-corrected chi connectivity index (χ3v) is 5.64. The van der Waals surface area contributed by atoms with E-state index < -0.39 is 29.7 Å². The summed E-state index contributed by atoms with van der Waals surface area (Å²) in [7, 11) is 1.48. The zero-order valence-electron chi connectivity index (χ0n) is 16.0. The van der Waals surface area contributed by atoms with Crippen molar-refractivity contribution in [1.82, 2.24) is 9.80 Å². The minimum atomic E-state index is -0.973. The van der Waals surface area contributed by atoms with Gasteiger partial charge in [0, 0.05) is 12.1 Å². The summed E-state index contributed by atoms with van der Waals surface area (Å²) in [4.78, 5) is 39.7. The van der Waals surface area contributed by atoms with E-state index in [1.807, 2.05) is 0 Å². The van der Waals surface area contributed by atoms with Gasteiger partial charge in [-0.05, 0) is 53.2 Å². The second-order valence-electron chi connectivity index (χ2n) is 6.70. The quantitative estimate of drug-likeness (QED) is 0.661. The van der Waals surface area contributed by atoms with Gasteiger partial charge >= 0.3 is 0 Å². The number of nitrogens with zero attached hydrogens (tertiary/aromatic N) is 2. The van der Waals surface area contributed by atoms with Crippen molar-refractivity contribution in [2.24, 2.45) is 0 Å². The summed E-state index contributed by atoms with van der Waals surface area (Å²) in [6, 6.07) is 12.8. The van der Waals surface area contributed by atoms with Crippen molar-refractivity contribution in [1.29, 1.82) is 0 Å². The van der Waals surface area contributed by atoms with E-state index in [-0.39, 0.29) is 17.2 Å². The summed E-state index contributed by atoms with van der Waals surface area (Å²) in [6.45, 7) is -0.443. The van der Waals surface area contributed by atoms with Crippen molar-refractivity contribution in [2.45, 2.75) is 6.10 Å². The van der Waals surface area contributed by atoms with Crippen LogP contribution in [0.3, 0.4) is 0 Å². The lowest BCUT2D eigenvalue weighted by atomic mass is 10.1. The van der Waals surface area contributed by atoms with E-state index in [1.165, 1.54) is 24.1 Å². The first-order valence-corrected chi connectivity index (χ1v) is 10.2. The minimum Gasteiger partial charge on any atom is -0.508 e. The number of hydrogen-bond acceptors (Lipinski definition) is 6. The molecule has 3 amide bonds. The number of aromatic hydroxyl groups is 1. The van der Waals surface area contributed by atoms with Crippen LogP contribution in [0, 0.1) is 0 Å². The first-order chi connectivity index (χ1) is 14.2. The van der Waals surface area contributed by atoms with E-state index in [1.54, 1.807) is 42.5 Å². The van der Waals surface area contributed by atoms with Gasteiger partial charge in [0.25, 0.3) is 11.1 Å². The Bertz CT molecular complexity index is 991. The maximum atomic E-state index is 12.6. The molecule has 1 aliphatic rings. The normalized spacial score (nSPS) is 16.2. The van der Waals surface area contributed by atoms with Gasteiger partial charge in [-0.2, -0.15) is 0 Å². The molecule has 2 N–H and O–H groups in total. The standard InChI is InChI=1S/C21H19ClN2O5S/c1-23(11-17(26)14-4-8-16(25)9-5-14)19(27)12-24-20(28)18(30-21(24)29)10-13-2-6-15(22)7-3-13/h2-10,17,25-26H,11-12H2,1H3/b18-10-/t17-/m0/s1. The number of phenols is 1. The van der Waals surface area contributed by atoms with Crippen molar-refractivity contribution < 1.29 is 24.6 Å². The van der Waals surface area contributed by atoms with Crippen LogP contribution < -0.4 is 0 Å². The lowest BCUT2D eigenvalue weighted by molar-refractivity contribution is -0.135. The number of amides is 3. The van der Waals surface area contributed by atoms with Crippen LogP contribution in [-0.4, -0.2) is 57.2 Å². The van der Waals surface area contributed by atoms with E-state index >= 15 is 0 Å². The summed E-state index contributed by atoms with van der Waals surface area (Å²) >= 11 is 6.61. The number of rotatable bonds is 6. The van der Waals surface area contributed by atoms with E-state index in [4.69, 9.17) is 11.6 Å². The minimum absolute atomic E-state index is 0.0273. The van der Waals surface area contributed by atoms with Gasteiger partial charge in [0.1, 0.15) is 12.3 Å². The molecule has 1 atom stereocenters. The van der Waals surface area contributed by atoms with Crippen molar-refractivity contribution in [2.75, 3.05) is 20.1 Å². The number of carbonyl (C=O) groups is 3. The van der Waals surface area contributed by atoms with Gasteiger partial charge in [0.05, 0.1) is 17.6 Å². The van der Waals surface area contributed by atoms with Crippen LogP contribution in [0.1, 0.15) is 17.2 Å². The zero-order chi connectivity index (χ0) is 21.8. The molecule has 2 aromatic rings. The number of phenolic OH excluding ortho intramolecular Hbond substituents is 1. The largest absolute Gasteiger partial charge is 0.508 e. The Hall–Kier alpha value is -2.81. The molecule has 0 aliphatic carbocycles.